The maximum atomic E-state index is 11.0. The molecule has 0 radical (unpaired) electrons. The van der Waals surface area contributed by atoms with Crippen LogP contribution in [0.25, 0.3) is 0 Å². The van der Waals surface area contributed by atoms with Gasteiger partial charge in [-0.1, -0.05) is 39.0 Å². The van der Waals surface area contributed by atoms with Crippen LogP contribution in [0.4, 0.5) is 0 Å². The fourth-order valence-electron chi connectivity index (χ4n) is 1.16. The number of hydrogen-bond donors (Lipinski definition) is 0. The minimum absolute atomic E-state index is 0.163. The van der Waals surface area contributed by atoms with Crippen molar-refractivity contribution in [2.24, 2.45) is 5.92 Å². The highest BCUT2D eigenvalue weighted by Gasteiger charge is 2.00. The molecule has 0 bridgehead atoms. The van der Waals surface area contributed by atoms with Crippen LogP contribution >= 0.6 is 0 Å². The predicted octanol–water partition coefficient (Wildman–Crippen LogP) is 3.60. The highest BCUT2D eigenvalue weighted by Crippen LogP contribution is 2.09. The van der Waals surface area contributed by atoms with Crippen LogP contribution in [-0.2, 0) is 14.3 Å². The molecule has 0 saturated carbocycles. The molecular weight excluding hydrogens is 256 g/mol. The van der Waals surface area contributed by atoms with Gasteiger partial charge < -0.3 is 9.47 Å². The lowest BCUT2D eigenvalue weighted by Gasteiger charge is -2.02. The third-order valence-electron chi connectivity index (χ3n) is 2.05. The Morgan fingerprint density at radius 1 is 1.15 bits per heavy atom. The smallest absolute Gasteiger partial charge is 0.311 e. The quantitative estimate of drug-likeness (QED) is 0.611. The molecule has 0 aliphatic carbocycles. The van der Waals surface area contributed by atoms with E-state index in [1.54, 1.807) is 12.1 Å². The predicted molar refractivity (Wildman–Crippen MR) is 78.5 cm³/mol. The van der Waals surface area contributed by atoms with Crippen molar-refractivity contribution in [3.8, 4) is 5.75 Å². The lowest BCUT2D eigenvalue weighted by atomic mass is 10.2. The highest BCUT2D eigenvalue weighted by atomic mass is 16.5. The van der Waals surface area contributed by atoms with Gasteiger partial charge >= 0.3 is 11.9 Å². The van der Waals surface area contributed by atoms with Crippen molar-refractivity contribution in [1.29, 1.82) is 0 Å². The first-order chi connectivity index (χ1) is 9.45. The van der Waals surface area contributed by atoms with Crippen molar-refractivity contribution >= 4 is 11.9 Å². The summed E-state index contributed by atoms with van der Waals surface area (Å²) in [6, 6.07) is 9.11. The first-order valence-electron chi connectivity index (χ1n) is 6.84. The number of ether oxygens (including phenoxy) is 2. The van der Waals surface area contributed by atoms with Crippen molar-refractivity contribution < 1.29 is 19.1 Å². The molecule has 1 aromatic rings. The summed E-state index contributed by atoms with van der Waals surface area (Å²) in [6.07, 6.45) is 1.31. The standard InChI is InChI=1S/C10H12O2.C6H12O2/c1-2-6-10(11)12-9-7-4-3-5-8-9;1-5(2)4-8-6(3)7/h3-5,7-8H,2,6H2,1H3;5H,4H2,1-3H3. The Labute approximate surface area is 121 Å². The summed E-state index contributed by atoms with van der Waals surface area (Å²) in [4.78, 5) is 21.1. The number of hydrogen-bond acceptors (Lipinski definition) is 4. The molecule has 0 aromatic heterocycles. The lowest BCUT2D eigenvalue weighted by molar-refractivity contribution is -0.142. The van der Waals surface area contributed by atoms with Crippen molar-refractivity contribution in [3.63, 3.8) is 0 Å². The van der Waals surface area contributed by atoms with E-state index < -0.39 is 0 Å². The van der Waals surface area contributed by atoms with E-state index in [1.807, 2.05) is 39.0 Å². The second-order valence-corrected chi connectivity index (χ2v) is 4.73. The molecule has 0 atom stereocenters. The van der Waals surface area contributed by atoms with Gasteiger partial charge in [0.1, 0.15) is 5.75 Å². The number of carbonyl (C=O) groups excluding carboxylic acids is 2. The molecule has 0 amide bonds. The summed E-state index contributed by atoms with van der Waals surface area (Å²) in [6.45, 7) is 7.91. The van der Waals surface area contributed by atoms with Gasteiger partial charge in [0.05, 0.1) is 6.61 Å². The SMILES string of the molecule is CC(=O)OCC(C)C.CCCC(=O)Oc1ccccc1. The topological polar surface area (TPSA) is 52.6 Å². The van der Waals surface area contributed by atoms with E-state index in [-0.39, 0.29) is 11.9 Å². The van der Waals surface area contributed by atoms with Crippen LogP contribution in [0.3, 0.4) is 0 Å². The van der Waals surface area contributed by atoms with Gasteiger partial charge in [-0.15, -0.1) is 0 Å². The minimum Gasteiger partial charge on any atom is -0.466 e. The van der Waals surface area contributed by atoms with Gasteiger partial charge in [0.15, 0.2) is 0 Å². The third-order valence-corrected chi connectivity index (χ3v) is 2.05. The zero-order chi connectivity index (χ0) is 15.4. The van der Waals surface area contributed by atoms with Crippen molar-refractivity contribution in [2.45, 2.75) is 40.5 Å². The van der Waals surface area contributed by atoms with Crippen LogP contribution in [0.15, 0.2) is 30.3 Å². The van der Waals surface area contributed by atoms with Gasteiger partial charge in [0.25, 0.3) is 0 Å². The average Bonchev–Trinajstić information content (AvgIpc) is 2.38. The molecule has 4 heteroatoms. The normalized spacial score (nSPS) is 9.45. The molecule has 4 nitrogen and oxygen atoms in total. The molecule has 20 heavy (non-hydrogen) atoms. The second kappa shape index (κ2) is 11.0. The molecule has 1 rings (SSSR count). The number of para-hydroxylation sites is 1. The Morgan fingerprint density at radius 2 is 1.75 bits per heavy atom. The van der Waals surface area contributed by atoms with E-state index in [9.17, 15) is 9.59 Å². The Hall–Kier alpha value is -1.84. The maximum Gasteiger partial charge on any atom is 0.311 e. The Kier molecular flexibility index (Phi) is 10.0. The molecule has 0 heterocycles. The number of benzene rings is 1. The Bertz CT molecular complexity index is 385. The Morgan fingerprint density at radius 3 is 2.15 bits per heavy atom. The van der Waals surface area contributed by atoms with E-state index in [1.165, 1.54) is 6.92 Å². The van der Waals surface area contributed by atoms with E-state index >= 15 is 0 Å². The van der Waals surface area contributed by atoms with Crippen LogP contribution in [0.5, 0.6) is 5.75 Å². The van der Waals surface area contributed by atoms with Crippen LogP contribution in [0.2, 0.25) is 0 Å². The van der Waals surface area contributed by atoms with Gasteiger partial charge in [0, 0.05) is 13.3 Å². The summed E-state index contributed by atoms with van der Waals surface area (Å²) in [5.74, 6) is 0.706. The summed E-state index contributed by atoms with van der Waals surface area (Å²) >= 11 is 0. The van der Waals surface area contributed by atoms with E-state index in [0.29, 0.717) is 24.7 Å². The van der Waals surface area contributed by atoms with Crippen molar-refractivity contribution in [2.75, 3.05) is 6.61 Å². The summed E-state index contributed by atoms with van der Waals surface area (Å²) in [5.41, 5.74) is 0. The monoisotopic (exact) mass is 280 g/mol. The molecule has 0 aliphatic rings. The average molecular weight is 280 g/mol. The first-order valence-corrected chi connectivity index (χ1v) is 6.84. The zero-order valence-electron chi connectivity index (χ0n) is 12.7. The number of esters is 2. The summed E-state index contributed by atoms with van der Waals surface area (Å²) < 4.78 is 9.68. The largest absolute Gasteiger partial charge is 0.466 e. The molecule has 1 aromatic carbocycles. The molecule has 0 unspecified atom stereocenters. The Balaban J connectivity index is 0.000000396. The van der Waals surface area contributed by atoms with Gasteiger partial charge in [-0.3, -0.25) is 9.59 Å². The fourth-order valence-corrected chi connectivity index (χ4v) is 1.16. The van der Waals surface area contributed by atoms with Crippen molar-refractivity contribution in [1.82, 2.24) is 0 Å². The van der Waals surface area contributed by atoms with Crippen LogP contribution in [-0.4, -0.2) is 18.5 Å². The van der Waals surface area contributed by atoms with Crippen LogP contribution in [0, 0.1) is 5.92 Å². The number of rotatable bonds is 5. The van der Waals surface area contributed by atoms with E-state index in [2.05, 4.69) is 4.74 Å². The minimum atomic E-state index is -0.196. The van der Waals surface area contributed by atoms with E-state index in [0.717, 1.165) is 6.42 Å². The van der Waals surface area contributed by atoms with Crippen molar-refractivity contribution in [3.05, 3.63) is 30.3 Å². The molecule has 0 fully saturated rings. The van der Waals surface area contributed by atoms with Crippen LogP contribution < -0.4 is 4.74 Å². The number of carbonyl (C=O) groups is 2. The molecular formula is C16H24O4. The van der Waals surface area contributed by atoms with Crippen LogP contribution in [0.1, 0.15) is 40.5 Å². The molecule has 0 saturated heterocycles. The highest BCUT2D eigenvalue weighted by molar-refractivity contribution is 5.72. The summed E-state index contributed by atoms with van der Waals surface area (Å²) in [7, 11) is 0. The first kappa shape index (κ1) is 18.2. The van der Waals surface area contributed by atoms with Gasteiger partial charge in [-0.05, 0) is 24.5 Å². The molecule has 0 spiro atoms. The molecule has 0 N–H and O–H groups in total. The molecule has 112 valence electrons. The fraction of sp³-hybridized carbons (Fsp3) is 0.500. The van der Waals surface area contributed by atoms with Gasteiger partial charge in [-0.2, -0.15) is 0 Å². The third kappa shape index (κ3) is 11.3. The zero-order valence-corrected chi connectivity index (χ0v) is 12.7. The molecule has 0 aliphatic heterocycles. The van der Waals surface area contributed by atoms with Gasteiger partial charge in [-0.25, -0.2) is 0 Å². The summed E-state index contributed by atoms with van der Waals surface area (Å²) in [5, 5.41) is 0. The van der Waals surface area contributed by atoms with Gasteiger partial charge in [0.2, 0.25) is 0 Å². The lowest BCUT2D eigenvalue weighted by Crippen LogP contribution is -2.06. The second-order valence-electron chi connectivity index (χ2n) is 4.73. The maximum absolute atomic E-state index is 11.0. The van der Waals surface area contributed by atoms with E-state index in [4.69, 9.17) is 4.74 Å².